The van der Waals surface area contributed by atoms with Crippen molar-refractivity contribution in [2.75, 3.05) is 53.5 Å². The van der Waals surface area contributed by atoms with Gasteiger partial charge in [0.25, 0.3) is 0 Å². The fourth-order valence-corrected chi connectivity index (χ4v) is 2.00. The van der Waals surface area contributed by atoms with E-state index < -0.39 is 5.60 Å². The number of rotatable bonds is 12. The SMILES string of the molecule is CCNC(=NCC(O)(CC)CC)NCCN(C)CCCOC. The molecule has 0 saturated heterocycles. The van der Waals surface area contributed by atoms with Gasteiger partial charge in [-0.15, -0.1) is 0 Å². The Morgan fingerprint density at radius 2 is 1.86 bits per heavy atom. The number of aliphatic hydroxyl groups is 1. The fraction of sp³-hybridized carbons (Fsp3) is 0.938. The highest BCUT2D eigenvalue weighted by Crippen LogP contribution is 2.14. The molecule has 0 saturated carbocycles. The maximum atomic E-state index is 10.3. The molecule has 0 fully saturated rings. The molecule has 0 unspecified atom stereocenters. The van der Waals surface area contributed by atoms with E-state index in [4.69, 9.17) is 4.74 Å². The molecule has 0 atom stereocenters. The van der Waals surface area contributed by atoms with E-state index in [1.54, 1.807) is 7.11 Å². The highest BCUT2D eigenvalue weighted by molar-refractivity contribution is 5.79. The van der Waals surface area contributed by atoms with Crippen LogP contribution in [0, 0.1) is 0 Å². The van der Waals surface area contributed by atoms with Crippen molar-refractivity contribution >= 4 is 5.96 Å². The van der Waals surface area contributed by atoms with Gasteiger partial charge in [-0.2, -0.15) is 0 Å². The number of nitrogens with zero attached hydrogens (tertiary/aromatic N) is 2. The summed E-state index contributed by atoms with van der Waals surface area (Å²) in [4.78, 5) is 6.77. The lowest BCUT2D eigenvalue weighted by atomic mass is 9.98. The van der Waals surface area contributed by atoms with Crippen LogP contribution in [0.2, 0.25) is 0 Å². The first kappa shape index (κ1) is 21.1. The van der Waals surface area contributed by atoms with Crippen molar-refractivity contribution in [3.63, 3.8) is 0 Å². The van der Waals surface area contributed by atoms with Crippen molar-refractivity contribution in [3.05, 3.63) is 0 Å². The topological polar surface area (TPSA) is 69.1 Å². The standard InChI is InChI=1S/C16H36N4O2/c1-6-16(21,7-2)14-19-15(17-8-3)18-10-12-20(4)11-9-13-22-5/h21H,6-14H2,1-5H3,(H2,17,18,19). The zero-order valence-electron chi connectivity index (χ0n) is 15.1. The Morgan fingerprint density at radius 3 is 2.41 bits per heavy atom. The van der Waals surface area contributed by atoms with Crippen LogP contribution in [0.1, 0.15) is 40.0 Å². The third-order valence-corrected chi connectivity index (χ3v) is 3.87. The Labute approximate surface area is 136 Å². The number of guanidine groups is 1. The Hall–Kier alpha value is -0.850. The molecular weight excluding hydrogens is 280 g/mol. The van der Waals surface area contributed by atoms with E-state index in [0.29, 0.717) is 19.4 Å². The number of hydrogen-bond donors (Lipinski definition) is 3. The summed E-state index contributed by atoms with van der Waals surface area (Å²) in [6, 6.07) is 0. The predicted octanol–water partition coefficient (Wildman–Crippen LogP) is 1.06. The minimum Gasteiger partial charge on any atom is -0.388 e. The lowest BCUT2D eigenvalue weighted by Gasteiger charge is -2.24. The van der Waals surface area contributed by atoms with Gasteiger partial charge >= 0.3 is 0 Å². The van der Waals surface area contributed by atoms with Crippen molar-refractivity contribution in [3.8, 4) is 0 Å². The average molecular weight is 316 g/mol. The Bertz CT molecular complexity index is 294. The minimum atomic E-state index is -0.695. The maximum Gasteiger partial charge on any atom is 0.191 e. The quantitative estimate of drug-likeness (QED) is 0.285. The van der Waals surface area contributed by atoms with Crippen LogP contribution in [-0.2, 0) is 4.74 Å². The molecule has 0 rings (SSSR count). The van der Waals surface area contributed by atoms with Crippen LogP contribution in [0.5, 0.6) is 0 Å². The minimum absolute atomic E-state index is 0.430. The molecular formula is C16H36N4O2. The highest BCUT2D eigenvalue weighted by Gasteiger charge is 2.21. The molecule has 0 amide bonds. The molecule has 0 aromatic rings. The number of nitrogens with one attached hydrogen (secondary N) is 2. The average Bonchev–Trinajstić information content (AvgIpc) is 2.52. The summed E-state index contributed by atoms with van der Waals surface area (Å²) >= 11 is 0. The first-order valence-electron chi connectivity index (χ1n) is 8.43. The number of likely N-dealkylation sites (N-methyl/N-ethyl adjacent to an activating group) is 1. The molecule has 3 N–H and O–H groups in total. The molecule has 0 heterocycles. The van der Waals surface area contributed by atoms with Crippen LogP contribution < -0.4 is 10.6 Å². The van der Waals surface area contributed by atoms with Crippen molar-refractivity contribution in [1.82, 2.24) is 15.5 Å². The lowest BCUT2D eigenvalue weighted by Crippen LogP contribution is -2.42. The molecule has 0 bridgehead atoms. The molecule has 6 nitrogen and oxygen atoms in total. The Kier molecular flexibility index (Phi) is 12.2. The molecule has 0 aliphatic rings. The lowest BCUT2D eigenvalue weighted by molar-refractivity contribution is 0.0418. The van der Waals surface area contributed by atoms with Crippen LogP contribution in [0.3, 0.4) is 0 Å². The largest absolute Gasteiger partial charge is 0.388 e. The van der Waals surface area contributed by atoms with Crippen molar-refractivity contribution < 1.29 is 9.84 Å². The van der Waals surface area contributed by atoms with Crippen LogP contribution >= 0.6 is 0 Å². The third kappa shape index (κ3) is 9.97. The fourth-order valence-electron chi connectivity index (χ4n) is 2.00. The van der Waals surface area contributed by atoms with Gasteiger partial charge in [0.1, 0.15) is 0 Å². The number of hydrogen-bond acceptors (Lipinski definition) is 4. The van der Waals surface area contributed by atoms with Crippen molar-refractivity contribution in [1.29, 1.82) is 0 Å². The van der Waals surface area contributed by atoms with Gasteiger partial charge in [0.15, 0.2) is 5.96 Å². The molecule has 0 aromatic carbocycles. The molecule has 0 spiro atoms. The normalized spacial score (nSPS) is 12.8. The monoisotopic (exact) mass is 316 g/mol. The van der Waals surface area contributed by atoms with Crippen LogP contribution in [0.4, 0.5) is 0 Å². The van der Waals surface area contributed by atoms with E-state index in [-0.39, 0.29) is 0 Å². The van der Waals surface area contributed by atoms with Gasteiger partial charge in [0, 0.05) is 39.9 Å². The van der Waals surface area contributed by atoms with Crippen LogP contribution in [-0.4, -0.2) is 75.1 Å². The second kappa shape index (κ2) is 12.7. The summed E-state index contributed by atoms with van der Waals surface area (Å²) in [7, 11) is 3.84. The Morgan fingerprint density at radius 1 is 1.18 bits per heavy atom. The first-order chi connectivity index (χ1) is 10.5. The Balaban J connectivity index is 4.18. The maximum absolute atomic E-state index is 10.3. The predicted molar refractivity (Wildman–Crippen MR) is 93.5 cm³/mol. The second-order valence-electron chi connectivity index (χ2n) is 5.70. The number of ether oxygens (including phenoxy) is 1. The van der Waals surface area contributed by atoms with Gasteiger partial charge in [-0.05, 0) is 33.2 Å². The second-order valence-corrected chi connectivity index (χ2v) is 5.70. The van der Waals surface area contributed by atoms with Gasteiger partial charge in [-0.3, -0.25) is 4.99 Å². The van der Waals surface area contributed by atoms with Crippen LogP contribution in [0.25, 0.3) is 0 Å². The van der Waals surface area contributed by atoms with Crippen molar-refractivity contribution in [2.24, 2.45) is 4.99 Å². The molecule has 22 heavy (non-hydrogen) atoms. The smallest absolute Gasteiger partial charge is 0.191 e. The zero-order valence-corrected chi connectivity index (χ0v) is 15.1. The van der Waals surface area contributed by atoms with Gasteiger partial charge in [0.2, 0.25) is 0 Å². The van der Waals surface area contributed by atoms with E-state index in [1.807, 2.05) is 20.8 Å². The molecule has 0 radical (unpaired) electrons. The highest BCUT2D eigenvalue weighted by atomic mass is 16.5. The molecule has 132 valence electrons. The van der Waals surface area contributed by atoms with Gasteiger partial charge < -0.3 is 25.4 Å². The van der Waals surface area contributed by atoms with E-state index in [9.17, 15) is 5.11 Å². The van der Waals surface area contributed by atoms with Crippen LogP contribution in [0.15, 0.2) is 4.99 Å². The van der Waals surface area contributed by atoms with E-state index >= 15 is 0 Å². The number of aliphatic imine (C=N–C) groups is 1. The molecule has 0 aliphatic heterocycles. The summed E-state index contributed by atoms with van der Waals surface area (Å²) in [5.41, 5.74) is -0.695. The third-order valence-electron chi connectivity index (χ3n) is 3.87. The zero-order chi connectivity index (χ0) is 16.8. The van der Waals surface area contributed by atoms with Gasteiger partial charge in [0.05, 0.1) is 12.1 Å². The summed E-state index contributed by atoms with van der Waals surface area (Å²) in [6.07, 6.45) is 2.48. The number of methoxy groups -OCH3 is 1. The molecule has 0 aliphatic carbocycles. The van der Waals surface area contributed by atoms with Crippen molar-refractivity contribution in [2.45, 2.75) is 45.6 Å². The van der Waals surface area contributed by atoms with Gasteiger partial charge in [-0.25, -0.2) is 0 Å². The molecule has 6 heteroatoms. The first-order valence-corrected chi connectivity index (χ1v) is 8.43. The van der Waals surface area contributed by atoms with E-state index in [2.05, 4.69) is 27.6 Å². The summed E-state index contributed by atoms with van der Waals surface area (Å²) in [5, 5.41) is 16.8. The van der Waals surface area contributed by atoms with E-state index in [0.717, 1.165) is 45.2 Å². The summed E-state index contributed by atoms with van der Waals surface area (Å²) < 4.78 is 5.06. The summed E-state index contributed by atoms with van der Waals surface area (Å²) in [5.74, 6) is 0.771. The molecule has 0 aromatic heterocycles. The van der Waals surface area contributed by atoms with E-state index in [1.165, 1.54) is 0 Å². The van der Waals surface area contributed by atoms with Gasteiger partial charge in [-0.1, -0.05) is 13.8 Å². The summed E-state index contributed by atoms with van der Waals surface area (Å²) in [6.45, 7) is 10.9.